The Hall–Kier alpha value is -1.42. The zero-order valence-corrected chi connectivity index (χ0v) is 12.1. The summed E-state index contributed by atoms with van der Waals surface area (Å²) >= 11 is 2.22. The number of hydrogen-bond donors (Lipinski definition) is 4. The molecule has 0 fully saturated rings. The second kappa shape index (κ2) is 14.0. The summed E-state index contributed by atoms with van der Waals surface area (Å²) in [6, 6.07) is 0. The number of carboxylic acid groups (broad SMARTS) is 4. The van der Waals surface area contributed by atoms with Gasteiger partial charge in [0.1, 0.15) is 0 Å². The lowest BCUT2D eigenvalue weighted by molar-refractivity contribution is -0.137. The number of hydrogen-bond acceptors (Lipinski definition) is 6. The van der Waals surface area contributed by atoms with Gasteiger partial charge in [0.2, 0.25) is 0 Å². The van der Waals surface area contributed by atoms with Gasteiger partial charge in [-0.3, -0.25) is 19.2 Å². The molecule has 10 heteroatoms. The van der Waals surface area contributed by atoms with Crippen LogP contribution in [-0.4, -0.2) is 67.3 Å². The number of rotatable bonds is 10. The molecule has 8 nitrogen and oxygen atoms in total. The van der Waals surface area contributed by atoms with Crippen LogP contribution in [0.3, 0.4) is 0 Å². The molecule has 4 N–H and O–H groups in total. The van der Waals surface area contributed by atoms with E-state index in [1.54, 1.807) is 0 Å². The van der Waals surface area contributed by atoms with Crippen molar-refractivity contribution in [2.75, 3.05) is 23.0 Å². The first-order valence-corrected chi connectivity index (χ1v) is 7.59. The van der Waals surface area contributed by atoms with E-state index in [1.165, 1.54) is 11.8 Å². The van der Waals surface area contributed by atoms with Crippen molar-refractivity contribution < 1.29 is 39.6 Å². The molecule has 0 radical (unpaired) electrons. The molecule has 0 atom stereocenters. The highest BCUT2D eigenvalue weighted by molar-refractivity contribution is 8.00. The SMILES string of the molecule is O=C(O)CCSCCC(=O)O.O=C(O)CSCC(=O)O. The van der Waals surface area contributed by atoms with Crippen LogP contribution in [0, 0.1) is 0 Å². The maximum absolute atomic E-state index is 9.97. The van der Waals surface area contributed by atoms with Gasteiger partial charge < -0.3 is 20.4 Å². The summed E-state index contributed by atoms with van der Waals surface area (Å²) < 4.78 is 0. The molecule has 0 saturated heterocycles. The second-order valence-corrected chi connectivity index (χ2v) is 5.39. The van der Waals surface area contributed by atoms with Gasteiger partial charge in [-0.15, -0.1) is 11.8 Å². The number of carbonyl (C=O) groups is 4. The third-order valence-electron chi connectivity index (χ3n) is 1.37. The highest BCUT2D eigenvalue weighted by atomic mass is 32.2. The van der Waals surface area contributed by atoms with Gasteiger partial charge >= 0.3 is 23.9 Å². The Morgan fingerprint density at radius 1 is 0.600 bits per heavy atom. The van der Waals surface area contributed by atoms with Gasteiger partial charge in [-0.1, -0.05) is 0 Å². The Morgan fingerprint density at radius 2 is 0.950 bits per heavy atom. The number of thioether (sulfide) groups is 2. The third kappa shape index (κ3) is 25.4. The van der Waals surface area contributed by atoms with E-state index in [0.717, 1.165) is 11.8 Å². The first-order valence-electron chi connectivity index (χ1n) is 5.28. The Bertz CT molecular complexity index is 301. The molecule has 0 unspecified atom stereocenters. The molecule has 0 aliphatic heterocycles. The van der Waals surface area contributed by atoms with Crippen molar-refractivity contribution in [2.45, 2.75) is 12.8 Å². The van der Waals surface area contributed by atoms with E-state index in [4.69, 9.17) is 20.4 Å². The maximum atomic E-state index is 9.97. The molecule has 0 heterocycles. The molecule has 0 aromatic heterocycles. The standard InChI is InChI=1S/C6H10O4S.C4H6O4S/c7-5(8)1-3-11-4-2-6(9)10;5-3(6)1-9-2-4(7)8/h1-4H2,(H,7,8)(H,9,10);1-2H2,(H,5,6)(H,7,8). The molecular weight excluding hydrogens is 312 g/mol. The van der Waals surface area contributed by atoms with Crippen molar-refractivity contribution in [3.05, 3.63) is 0 Å². The van der Waals surface area contributed by atoms with Gasteiger partial charge in [0.15, 0.2) is 0 Å². The average Bonchev–Trinajstić information content (AvgIpc) is 2.27. The Labute approximate surface area is 123 Å². The van der Waals surface area contributed by atoms with Crippen LogP contribution in [0.1, 0.15) is 12.8 Å². The van der Waals surface area contributed by atoms with Crippen LogP contribution >= 0.6 is 23.5 Å². The van der Waals surface area contributed by atoms with E-state index in [-0.39, 0.29) is 24.3 Å². The van der Waals surface area contributed by atoms with Crippen LogP contribution in [-0.2, 0) is 19.2 Å². The first-order chi connectivity index (χ1) is 9.25. The monoisotopic (exact) mass is 328 g/mol. The summed E-state index contributed by atoms with van der Waals surface area (Å²) in [5, 5.41) is 32.4. The van der Waals surface area contributed by atoms with Gasteiger partial charge in [-0.05, 0) is 0 Å². The molecule has 20 heavy (non-hydrogen) atoms. The fourth-order valence-corrected chi connectivity index (χ4v) is 1.94. The number of aliphatic carboxylic acids is 4. The van der Waals surface area contributed by atoms with Crippen LogP contribution in [0.25, 0.3) is 0 Å². The van der Waals surface area contributed by atoms with Crippen LogP contribution in [0.5, 0.6) is 0 Å². The average molecular weight is 328 g/mol. The van der Waals surface area contributed by atoms with Crippen molar-refractivity contribution >= 4 is 47.4 Å². The fourth-order valence-electron chi connectivity index (χ4n) is 0.647. The summed E-state index contributed by atoms with van der Waals surface area (Å²) in [6.45, 7) is 0. The van der Waals surface area contributed by atoms with E-state index in [0.29, 0.717) is 11.5 Å². The van der Waals surface area contributed by atoms with Gasteiger partial charge in [-0.25, -0.2) is 0 Å². The topological polar surface area (TPSA) is 149 Å². The lowest BCUT2D eigenvalue weighted by atomic mass is 10.5. The largest absolute Gasteiger partial charge is 0.481 e. The zero-order valence-electron chi connectivity index (χ0n) is 10.5. The molecule has 0 aromatic carbocycles. The van der Waals surface area contributed by atoms with Gasteiger partial charge in [0.05, 0.1) is 24.3 Å². The second-order valence-electron chi connectivity index (χ2n) is 3.18. The van der Waals surface area contributed by atoms with E-state index in [2.05, 4.69) is 0 Å². The molecule has 0 aliphatic carbocycles. The summed E-state index contributed by atoms with van der Waals surface area (Å²) in [4.78, 5) is 39.5. The van der Waals surface area contributed by atoms with Crippen molar-refractivity contribution in [3.63, 3.8) is 0 Å². The van der Waals surface area contributed by atoms with E-state index in [9.17, 15) is 19.2 Å². The molecule has 0 bridgehead atoms. The summed E-state index contributed by atoms with van der Waals surface area (Å²) in [6.07, 6.45) is 0.203. The lowest BCUT2D eigenvalue weighted by Crippen LogP contribution is -2.03. The van der Waals surface area contributed by atoms with Crippen LogP contribution in [0.4, 0.5) is 0 Å². The van der Waals surface area contributed by atoms with Crippen molar-refractivity contribution in [1.29, 1.82) is 0 Å². The third-order valence-corrected chi connectivity index (χ3v) is 3.26. The molecule has 0 aromatic rings. The smallest absolute Gasteiger partial charge is 0.313 e. The Balaban J connectivity index is 0. The summed E-state index contributed by atoms with van der Waals surface area (Å²) in [7, 11) is 0. The van der Waals surface area contributed by atoms with Crippen LogP contribution in [0.15, 0.2) is 0 Å². The van der Waals surface area contributed by atoms with E-state index < -0.39 is 23.9 Å². The molecule has 0 rings (SSSR count). The molecule has 0 spiro atoms. The molecule has 0 aliphatic rings. The van der Waals surface area contributed by atoms with Crippen LogP contribution < -0.4 is 0 Å². The highest BCUT2D eigenvalue weighted by Gasteiger charge is 2.00. The lowest BCUT2D eigenvalue weighted by Gasteiger charge is -1.94. The first kappa shape index (κ1) is 20.9. The fraction of sp³-hybridized carbons (Fsp3) is 0.600. The van der Waals surface area contributed by atoms with Crippen molar-refractivity contribution in [1.82, 2.24) is 0 Å². The Morgan fingerprint density at radius 3 is 1.20 bits per heavy atom. The van der Waals surface area contributed by atoms with E-state index >= 15 is 0 Å². The quantitative estimate of drug-likeness (QED) is 0.419. The summed E-state index contributed by atoms with van der Waals surface area (Å²) in [5.41, 5.74) is 0. The minimum atomic E-state index is -0.985. The minimum absolute atomic E-state index is 0.101. The maximum Gasteiger partial charge on any atom is 0.313 e. The van der Waals surface area contributed by atoms with Gasteiger partial charge in [0, 0.05) is 11.5 Å². The Kier molecular flexibility index (Phi) is 14.6. The van der Waals surface area contributed by atoms with Crippen molar-refractivity contribution in [2.24, 2.45) is 0 Å². The van der Waals surface area contributed by atoms with Crippen molar-refractivity contribution in [3.8, 4) is 0 Å². The highest BCUT2D eigenvalue weighted by Crippen LogP contribution is 2.03. The molecule has 0 saturated carbocycles. The van der Waals surface area contributed by atoms with Gasteiger partial charge in [-0.2, -0.15) is 11.8 Å². The zero-order chi connectivity index (χ0) is 16.0. The molecule has 116 valence electrons. The van der Waals surface area contributed by atoms with Crippen LogP contribution in [0.2, 0.25) is 0 Å². The van der Waals surface area contributed by atoms with Gasteiger partial charge in [0.25, 0.3) is 0 Å². The predicted octanol–water partition coefficient (Wildman–Crippen LogP) is 0.558. The molecular formula is C10H16O8S2. The predicted molar refractivity (Wildman–Crippen MR) is 74.4 cm³/mol. The summed E-state index contributed by atoms with van der Waals surface area (Å²) in [5.74, 6) is -2.97. The van der Waals surface area contributed by atoms with E-state index in [1.807, 2.05) is 0 Å². The minimum Gasteiger partial charge on any atom is -0.481 e. The molecule has 0 amide bonds. The normalized spacial score (nSPS) is 9.20. The number of carboxylic acids is 4.